The number of halogens is 1. The highest BCUT2D eigenvalue weighted by molar-refractivity contribution is 6.31. The van der Waals surface area contributed by atoms with Crippen molar-refractivity contribution in [3.05, 3.63) is 34.9 Å². The van der Waals surface area contributed by atoms with Crippen molar-refractivity contribution in [1.82, 2.24) is 5.32 Å². The van der Waals surface area contributed by atoms with Crippen LogP contribution in [0.3, 0.4) is 0 Å². The van der Waals surface area contributed by atoms with Crippen LogP contribution in [0, 0.1) is 11.8 Å². The molecule has 0 amide bonds. The van der Waals surface area contributed by atoms with Gasteiger partial charge in [0.05, 0.1) is 0 Å². The molecule has 0 aliphatic heterocycles. The predicted octanol–water partition coefficient (Wildman–Crippen LogP) is 4.47. The maximum atomic E-state index is 6.38. The summed E-state index contributed by atoms with van der Waals surface area (Å²) in [5.74, 6) is 2.19. The van der Waals surface area contributed by atoms with Crippen LogP contribution in [0.4, 0.5) is 0 Å². The first kappa shape index (κ1) is 13.9. The van der Waals surface area contributed by atoms with Crippen molar-refractivity contribution in [2.75, 3.05) is 13.1 Å². The van der Waals surface area contributed by atoms with E-state index in [4.69, 9.17) is 11.6 Å². The fraction of sp³-hybridized carbons (Fsp3) is 0.625. The van der Waals surface area contributed by atoms with Crippen LogP contribution in [0.5, 0.6) is 0 Å². The molecule has 3 atom stereocenters. The molecule has 0 heterocycles. The summed E-state index contributed by atoms with van der Waals surface area (Å²) >= 11 is 6.38. The molecule has 0 bridgehead atoms. The molecule has 1 saturated carbocycles. The lowest BCUT2D eigenvalue weighted by atomic mass is 9.71. The van der Waals surface area contributed by atoms with Gasteiger partial charge in [0.2, 0.25) is 0 Å². The zero-order chi connectivity index (χ0) is 13.0. The summed E-state index contributed by atoms with van der Waals surface area (Å²) in [6.45, 7) is 6.73. The number of hydrogen-bond donors (Lipinski definition) is 1. The molecule has 0 spiro atoms. The lowest BCUT2D eigenvalue weighted by molar-refractivity contribution is 0.243. The Balaban J connectivity index is 2.17. The van der Waals surface area contributed by atoms with Crippen LogP contribution >= 0.6 is 11.6 Å². The van der Waals surface area contributed by atoms with Gasteiger partial charge in [0, 0.05) is 5.02 Å². The molecule has 1 aromatic rings. The first-order valence-electron chi connectivity index (χ1n) is 7.17. The molecule has 2 heteroatoms. The van der Waals surface area contributed by atoms with Gasteiger partial charge in [-0.2, -0.15) is 0 Å². The van der Waals surface area contributed by atoms with Crippen molar-refractivity contribution in [3.63, 3.8) is 0 Å². The number of nitrogens with one attached hydrogen (secondary N) is 1. The van der Waals surface area contributed by atoms with Gasteiger partial charge >= 0.3 is 0 Å². The maximum Gasteiger partial charge on any atom is 0.0440 e. The predicted molar refractivity (Wildman–Crippen MR) is 79.2 cm³/mol. The summed E-state index contributed by atoms with van der Waals surface area (Å²) in [5, 5.41) is 4.45. The molecular weight excluding hydrogens is 242 g/mol. The van der Waals surface area contributed by atoms with Crippen molar-refractivity contribution in [2.24, 2.45) is 11.8 Å². The van der Waals surface area contributed by atoms with Crippen LogP contribution in [0.1, 0.15) is 44.6 Å². The van der Waals surface area contributed by atoms with Gasteiger partial charge in [-0.3, -0.25) is 0 Å². The summed E-state index contributed by atoms with van der Waals surface area (Å²) < 4.78 is 0. The highest BCUT2D eigenvalue weighted by Gasteiger charge is 2.30. The van der Waals surface area contributed by atoms with Gasteiger partial charge in [0.1, 0.15) is 0 Å². The average molecular weight is 266 g/mol. The molecule has 0 aromatic heterocycles. The van der Waals surface area contributed by atoms with Crippen LogP contribution in [0.15, 0.2) is 24.3 Å². The molecule has 3 unspecified atom stereocenters. The molecule has 18 heavy (non-hydrogen) atoms. The van der Waals surface area contributed by atoms with Crippen LogP contribution < -0.4 is 5.32 Å². The first-order valence-corrected chi connectivity index (χ1v) is 7.55. The third kappa shape index (κ3) is 3.27. The Kier molecular flexibility index (Phi) is 5.08. The Morgan fingerprint density at radius 3 is 2.78 bits per heavy atom. The quantitative estimate of drug-likeness (QED) is 0.847. The maximum absolute atomic E-state index is 6.38. The Labute approximate surface area is 116 Å². The average Bonchev–Trinajstić information content (AvgIpc) is 2.38. The summed E-state index contributed by atoms with van der Waals surface area (Å²) in [5.41, 5.74) is 1.36. The van der Waals surface area contributed by atoms with E-state index in [-0.39, 0.29) is 0 Å². The number of benzene rings is 1. The topological polar surface area (TPSA) is 12.0 Å². The van der Waals surface area contributed by atoms with E-state index in [0.29, 0.717) is 5.92 Å². The molecule has 2 rings (SSSR count). The monoisotopic (exact) mass is 265 g/mol. The minimum absolute atomic E-state index is 0.626. The van der Waals surface area contributed by atoms with Crippen molar-refractivity contribution in [3.8, 4) is 0 Å². The van der Waals surface area contributed by atoms with E-state index in [2.05, 4.69) is 31.3 Å². The molecule has 100 valence electrons. The zero-order valence-corrected chi connectivity index (χ0v) is 12.2. The fourth-order valence-corrected chi connectivity index (χ4v) is 3.45. The molecule has 1 fully saturated rings. The number of rotatable bonds is 4. The standard InChI is InChI=1S/C16H24ClN/c1-3-18-11-13-9-8-12(2)10-15(13)14-6-4-5-7-16(14)17/h4-7,12-13,15,18H,3,8-11H2,1-2H3. The van der Waals surface area contributed by atoms with E-state index < -0.39 is 0 Å². The van der Waals surface area contributed by atoms with Crippen LogP contribution in [0.2, 0.25) is 5.02 Å². The van der Waals surface area contributed by atoms with Crippen LogP contribution in [-0.4, -0.2) is 13.1 Å². The summed E-state index contributed by atoms with van der Waals surface area (Å²) in [6.07, 6.45) is 3.96. The van der Waals surface area contributed by atoms with Gasteiger partial charge < -0.3 is 5.32 Å². The third-order valence-electron chi connectivity index (χ3n) is 4.22. The van der Waals surface area contributed by atoms with Crippen molar-refractivity contribution >= 4 is 11.6 Å². The van der Waals surface area contributed by atoms with E-state index in [1.54, 1.807) is 0 Å². The minimum atomic E-state index is 0.626. The van der Waals surface area contributed by atoms with Crippen LogP contribution in [0.25, 0.3) is 0 Å². The SMILES string of the molecule is CCNCC1CCC(C)CC1c1ccccc1Cl. The van der Waals surface area contributed by atoms with E-state index >= 15 is 0 Å². The Hall–Kier alpha value is -0.530. The van der Waals surface area contributed by atoms with Crippen LogP contribution in [-0.2, 0) is 0 Å². The van der Waals surface area contributed by atoms with Crippen molar-refractivity contribution < 1.29 is 0 Å². The molecule has 0 radical (unpaired) electrons. The minimum Gasteiger partial charge on any atom is -0.317 e. The molecule has 1 aliphatic rings. The molecule has 1 N–H and O–H groups in total. The molecule has 0 saturated heterocycles. The van der Waals surface area contributed by atoms with Gasteiger partial charge in [-0.1, -0.05) is 50.1 Å². The van der Waals surface area contributed by atoms with Gasteiger partial charge in [-0.15, -0.1) is 0 Å². The smallest absolute Gasteiger partial charge is 0.0440 e. The summed E-state index contributed by atoms with van der Waals surface area (Å²) in [4.78, 5) is 0. The Morgan fingerprint density at radius 1 is 1.28 bits per heavy atom. The van der Waals surface area contributed by atoms with Gasteiger partial charge in [-0.05, 0) is 55.3 Å². The Morgan fingerprint density at radius 2 is 2.06 bits per heavy atom. The van der Waals surface area contributed by atoms with Gasteiger partial charge in [-0.25, -0.2) is 0 Å². The lowest BCUT2D eigenvalue weighted by Gasteiger charge is -2.36. The number of hydrogen-bond acceptors (Lipinski definition) is 1. The zero-order valence-electron chi connectivity index (χ0n) is 11.5. The second-order valence-corrected chi connectivity index (χ2v) is 6.02. The fourth-order valence-electron chi connectivity index (χ4n) is 3.17. The van der Waals surface area contributed by atoms with E-state index in [1.807, 2.05) is 12.1 Å². The largest absolute Gasteiger partial charge is 0.317 e. The van der Waals surface area contributed by atoms with Crippen molar-refractivity contribution in [2.45, 2.75) is 39.0 Å². The molecule has 1 aliphatic carbocycles. The molecule has 1 aromatic carbocycles. The van der Waals surface area contributed by atoms with E-state index in [0.717, 1.165) is 29.9 Å². The van der Waals surface area contributed by atoms with E-state index in [1.165, 1.54) is 24.8 Å². The highest BCUT2D eigenvalue weighted by Crippen LogP contribution is 2.42. The second-order valence-electron chi connectivity index (χ2n) is 5.61. The normalized spacial score (nSPS) is 28.3. The summed E-state index contributed by atoms with van der Waals surface area (Å²) in [6, 6.07) is 8.38. The lowest BCUT2D eigenvalue weighted by Crippen LogP contribution is -2.31. The van der Waals surface area contributed by atoms with E-state index in [9.17, 15) is 0 Å². The van der Waals surface area contributed by atoms with Crippen molar-refractivity contribution in [1.29, 1.82) is 0 Å². The molecular formula is C16H24ClN. The highest BCUT2D eigenvalue weighted by atomic mass is 35.5. The second kappa shape index (κ2) is 6.58. The summed E-state index contributed by atoms with van der Waals surface area (Å²) in [7, 11) is 0. The van der Waals surface area contributed by atoms with Gasteiger partial charge in [0.25, 0.3) is 0 Å². The Bertz CT molecular complexity index is 375. The van der Waals surface area contributed by atoms with Gasteiger partial charge in [0.15, 0.2) is 0 Å². The first-order chi connectivity index (χ1) is 8.72. The third-order valence-corrected chi connectivity index (χ3v) is 4.56. The molecule has 1 nitrogen and oxygen atoms in total.